The molecule has 0 spiro atoms. The molecule has 0 unspecified atom stereocenters. The highest BCUT2D eigenvalue weighted by atomic mass is 32.2. The largest absolute Gasteiger partial charge is 0.392 e. The number of pyridine rings is 1. The summed E-state index contributed by atoms with van der Waals surface area (Å²) in [7, 11) is 0. The first kappa shape index (κ1) is 9.17. The Bertz CT molecular complexity index is 403. The van der Waals surface area contributed by atoms with Gasteiger partial charge in [0.15, 0.2) is 5.16 Å². The summed E-state index contributed by atoms with van der Waals surface area (Å²) in [5.74, 6) is 0. The summed E-state index contributed by atoms with van der Waals surface area (Å²) in [6, 6.07) is 3.61. The molecular weight excluding hydrogens is 200 g/mol. The van der Waals surface area contributed by atoms with Gasteiger partial charge in [0, 0.05) is 11.8 Å². The van der Waals surface area contributed by atoms with Crippen LogP contribution in [0.1, 0.15) is 5.56 Å². The van der Waals surface area contributed by atoms with Gasteiger partial charge in [-0.2, -0.15) is 5.10 Å². The van der Waals surface area contributed by atoms with Crippen molar-refractivity contribution < 1.29 is 5.11 Å². The van der Waals surface area contributed by atoms with Gasteiger partial charge < -0.3 is 5.11 Å². The summed E-state index contributed by atoms with van der Waals surface area (Å²) in [6.07, 6.45) is 3.11. The fourth-order valence-electron chi connectivity index (χ4n) is 0.971. The molecule has 0 saturated heterocycles. The summed E-state index contributed by atoms with van der Waals surface area (Å²) < 4.78 is 0. The highest BCUT2D eigenvalue weighted by Gasteiger charge is 2.05. The summed E-state index contributed by atoms with van der Waals surface area (Å²) in [6.45, 7) is -0.0235. The smallest absolute Gasteiger partial charge is 0.189 e. The molecule has 2 aromatic rings. The number of hydrogen-bond acceptors (Lipinski definition) is 5. The van der Waals surface area contributed by atoms with Crippen molar-refractivity contribution in [2.75, 3.05) is 0 Å². The van der Waals surface area contributed by atoms with E-state index in [0.29, 0.717) is 5.16 Å². The Labute approximate surface area is 84.6 Å². The number of aliphatic hydroxyl groups excluding tert-OH is 1. The van der Waals surface area contributed by atoms with Crippen molar-refractivity contribution in [2.24, 2.45) is 0 Å². The Morgan fingerprint density at radius 2 is 2.36 bits per heavy atom. The molecule has 0 fully saturated rings. The Kier molecular flexibility index (Phi) is 2.76. The van der Waals surface area contributed by atoms with Crippen LogP contribution in [-0.2, 0) is 6.61 Å². The lowest BCUT2D eigenvalue weighted by atomic mass is 10.3. The summed E-state index contributed by atoms with van der Waals surface area (Å²) in [4.78, 5) is 8.10. The van der Waals surface area contributed by atoms with Gasteiger partial charge in [-0.05, 0) is 17.8 Å². The summed E-state index contributed by atoms with van der Waals surface area (Å²) >= 11 is 1.35. The third-order valence-corrected chi connectivity index (χ3v) is 2.56. The molecule has 0 atom stereocenters. The SMILES string of the molecule is OCc1cccnc1Sc1ncn[nH]1. The minimum atomic E-state index is -0.0235. The van der Waals surface area contributed by atoms with Gasteiger partial charge in [-0.15, -0.1) is 0 Å². The predicted octanol–water partition coefficient (Wildman–Crippen LogP) is 0.843. The molecule has 14 heavy (non-hydrogen) atoms. The average Bonchev–Trinajstić information content (AvgIpc) is 2.71. The van der Waals surface area contributed by atoms with E-state index >= 15 is 0 Å². The quantitative estimate of drug-likeness (QED) is 0.782. The molecule has 2 heterocycles. The van der Waals surface area contributed by atoms with Crippen LogP contribution in [0, 0.1) is 0 Å². The molecule has 0 aliphatic heterocycles. The van der Waals surface area contributed by atoms with Crippen LogP contribution in [0.3, 0.4) is 0 Å². The van der Waals surface area contributed by atoms with Crippen LogP contribution in [0.25, 0.3) is 0 Å². The number of aromatic amines is 1. The topological polar surface area (TPSA) is 74.7 Å². The molecule has 0 aliphatic carbocycles. The number of rotatable bonds is 3. The zero-order valence-electron chi connectivity index (χ0n) is 7.21. The van der Waals surface area contributed by atoms with Crippen LogP contribution >= 0.6 is 11.8 Å². The number of nitrogens with one attached hydrogen (secondary N) is 1. The second kappa shape index (κ2) is 4.21. The van der Waals surface area contributed by atoms with E-state index in [4.69, 9.17) is 5.11 Å². The Hall–Kier alpha value is -1.40. The van der Waals surface area contributed by atoms with Gasteiger partial charge in [0.1, 0.15) is 11.4 Å². The van der Waals surface area contributed by atoms with Crippen LogP contribution < -0.4 is 0 Å². The average molecular weight is 208 g/mol. The van der Waals surface area contributed by atoms with E-state index in [2.05, 4.69) is 20.2 Å². The fraction of sp³-hybridized carbons (Fsp3) is 0.125. The molecule has 2 aromatic heterocycles. The maximum atomic E-state index is 9.05. The van der Waals surface area contributed by atoms with E-state index in [1.807, 2.05) is 6.07 Å². The maximum absolute atomic E-state index is 9.05. The number of aliphatic hydroxyl groups is 1. The highest BCUT2D eigenvalue weighted by molar-refractivity contribution is 7.99. The van der Waals surface area contributed by atoms with Crippen molar-refractivity contribution >= 4 is 11.8 Å². The predicted molar refractivity (Wildman–Crippen MR) is 50.7 cm³/mol. The third-order valence-electron chi connectivity index (χ3n) is 1.61. The lowest BCUT2D eigenvalue weighted by Gasteiger charge is -2.01. The van der Waals surface area contributed by atoms with E-state index < -0.39 is 0 Å². The second-order valence-electron chi connectivity index (χ2n) is 2.52. The molecule has 0 aromatic carbocycles. The zero-order valence-corrected chi connectivity index (χ0v) is 8.03. The van der Waals surface area contributed by atoms with Crippen LogP contribution in [0.15, 0.2) is 34.8 Å². The Morgan fingerprint density at radius 3 is 3.07 bits per heavy atom. The fourth-order valence-corrected chi connectivity index (χ4v) is 1.73. The molecule has 0 bridgehead atoms. The van der Waals surface area contributed by atoms with E-state index in [9.17, 15) is 0 Å². The van der Waals surface area contributed by atoms with E-state index in [1.54, 1.807) is 12.3 Å². The normalized spacial score (nSPS) is 10.4. The van der Waals surface area contributed by atoms with Crippen molar-refractivity contribution in [3.8, 4) is 0 Å². The number of nitrogens with zero attached hydrogens (tertiary/aromatic N) is 3. The Morgan fingerprint density at radius 1 is 1.43 bits per heavy atom. The molecule has 5 nitrogen and oxygen atoms in total. The zero-order chi connectivity index (χ0) is 9.80. The van der Waals surface area contributed by atoms with Gasteiger partial charge in [0.05, 0.1) is 6.61 Å². The standard InChI is InChI=1S/C8H8N4OS/c13-4-6-2-1-3-9-7(6)14-8-10-5-11-12-8/h1-3,5,13H,4H2,(H,10,11,12). The third kappa shape index (κ3) is 1.91. The van der Waals surface area contributed by atoms with Crippen LogP contribution in [0.4, 0.5) is 0 Å². The van der Waals surface area contributed by atoms with Gasteiger partial charge in [0.25, 0.3) is 0 Å². The molecule has 6 heteroatoms. The first-order chi connectivity index (χ1) is 6.90. The van der Waals surface area contributed by atoms with Gasteiger partial charge in [-0.3, -0.25) is 5.10 Å². The lowest BCUT2D eigenvalue weighted by molar-refractivity contribution is 0.278. The minimum Gasteiger partial charge on any atom is -0.392 e. The Balaban J connectivity index is 2.24. The maximum Gasteiger partial charge on any atom is 0.189 e. The summed E-state index contributed by atoms with van der Waals surface area (Å²) in [5.41, 5.74) is 0.786. The second-order valence-corrected chi connectivity index (χ2v) is 3.50. The number of H-pyrrole nitrogens is 1. The molecular formula is C8H8N4OS. The first-order valence-electron chi connectivity index (χ1n) is 3.98. The van der Waals surface area contributed by atoms with Gasteiger partial charge >= 0.3 is 0 Å². The lowest BCUT2D eigenvalue weighted by Crippen LogP contribution is -1.90. The first-order valence-corrected chi connectivity index (χ1v) is 4.80. The molecule has 0 radical (unpaired) electrons. The molecule has 0 aliphatic rings. The molecule has 0 amide bonds. The van der Waals surface area contributed by atoms with Crippen molar-refractivity contribution in [1.82, 2.24) is 20.2 Å². The van der Waals surface area contributed by atoms with Crippen molar-refractivity contribution in [3.63, 3.8) is 0 Å². The molecule has 2 N–H and O–H groups in total. The van der Waals surface area contributed by atoms with E-state index in [1.165, 1.54) is 18.1 Å². The van der Waals surface area contributed by atoms with Crippen molar-refractivity contribution in [3.05, 3.63) is 30.2 Å². The van der Waals surface area contributed by atoms with Gasteiger partial charge in [-0.25, -0.2) is 9.97 Å². The monoisotopic (exact) mass is 208 g/mol. The number of hydrogen-bond donors (Lipinski definition) is 2. The van der Waals surface area contributed by atoms with Crippen molar-refractivity contribution in [1.29, 1.82) is 0 Å². The molecule has 72 valence electrons. The van der Waals surface area contributed by atoms with E-state index in [-0.39, 0.29) is 6.61 Å². The number of aromatic nitrogens is 4. The van der Waals surface area contributed by atoms with Crippen LogP contribution in [-0.4, -0.2) is 25.3 Å². The summed E-state index contributed by atoms with van der Waals surface area (Å²) in [5, 5.41) is 16.9. The van der Waals surface area contributed by atoms with E-state index in [0.717, 1.165) is 10.6 Å². The molecule has 2 rings (SSSR count). The van der Waals surface area contributed by atoms with Gasteiger partial charge in [0.2, 0.25) is 0 Å². The highest BCUT2D eigenvalue weighted by Crippen LogP contribution is 2.24. The minimum absolute atomic E-state index is 0.0235. The van der Waals surface area contributed by atoms with Crippen molar-refractivity contribution in [2.45, 2.75) is 16.8 Å². The van der Waals surface area contributed by atoms with Crippen LogP contribution in [0.2, 0.25) is 0 Å². The molecule has 0 saturated carbocycles. The van der Waals surface area contributed by atoms with Gasteiger partial charge in [-0.1, -0.05) is 6.07 Å². The van der Waals surface area contributed by atoms with Crippen LogP contribution in [0.5, 0.6) is 0 Å².